The molecule has 0 aromatic carbocycles. The number of hydrogen-bond acceptors (Lipinski definition) is 4. The van der Waals surface area contributed by atoms with Crippen LogP contribution in [0.1, 0.15) is 13.3 Å². The maximum Gasteiger partial charge on any atom is 0.234 e. The first-order valence-corrected chi connectivity index (χ1v) is 5.25. The summed E-state index contributed by atoms with van der Waals surface area (Å²) in [5, 5.41) is 5.96. The summed E-state index contributed by atoms with van der Waals surface area (Å²) in [5.41, 5.74) is -0.0431. The second kappa shape index (κ2) is 6.05. The van der Waals surface area contributed by atoms with Crippen molar-refractivity contribution in [2.75, 3.05) is 40.0 Å². The molecule has 1 amide bonds. The molecule has 0 saturated carbocycles. The second-order valence-electron chi connectivity index (χ2n) is 4.06. The molecule has 1 fully saturated rings. The number of rotatable bonds is 6. The van der Waals surface area contributed by atoms with Crippen LogP contribution < -0.4 is 10.6 Å². The molecule has 1 aliphatic rings. The first kappa shape index (κ1) is 12.4. The lowest BCUT2D eigenvalue weighted by Gasteiger charge is -2.23. The average Bonchev–Trinajstić information content (AvgIpc) is 2.64. The smallest absolute Gasteiger partial charge is 0.234 e. The van der Waals surface area contributed by atoms with E-state index in [1.54, 1.807) is 7.11 Å². The molecular formula is C10H20N2O3. The van der Waals surface area contributed by atoms with Gasteiger partial charge in [-0.2, -0.15) is 0 Å². The average molecular weight is 216 g/mol. The first-order chi connectivity index (χ1) is 7.16. The Labute approximate surface area is 90.5 Å². The van der Waals surface area contributed by atoms with Crippen molar-refractivity contribution in [3.05, 3.63) is 0 Å². The van der Waals surface area contributed by atoms with Crippen LogP contribution in [0, 0.1) is 0 Å². The molecule has 1 atom stereocenters. The topological polar surface area (TPSA) is 59.6 Å². The summed E-state index contributed by atoms with van der Waals surface area (Å²) in [4.78, 5) is 11.3. The minimum atomic E-state index is -0.0431. The van der Waals surface area contributed by atoms with E-state index in [1.807, 2.05) is 0 Å². The summed E-state index contributed by atoms with van der Waals surface area (Å²) in [6, 6.07) is 0. The van der Waals surface area contributed by atoms with Crippen LogP contribution in [0.4, 0.5) is 0 Å². The zero-order valence-electron chi connectivity index (χ0n) is 9.47. The first-order valence-electron chi connectivity index (χ1n) is 5.25. The van der Waals surface area contributed by atoms with Gasteiger partial charge in [-0.1, -0.05) is 0 Å². The van der Waals surface area contributed by atoms with Crippen LogP contribution in [0.2, 0.25) is 0 Å². The van der Waals surface area contributed by atoms with Gasteiger partial charge in [-0.05, 0) is 13.3 Å². The molecular weight excluding hydrogens is 196 g/mol. The Morgan fingerprint density at radius 1 is 1.60 bits per heavy atom. The van der Waals surface area contributed by atoms with Crippen molar-refractivity contribution in [3.8, 4) is 0 Å². The molecule has 0 spiro atoms. The summed E-state index contributed by atoms with van der Waals surface area (Å²) in [7, 11) is 1.61. The maximum atomic E-state index is 11.3. The molecule has 1 unspecified atom stereocenters. The lowest BCUT2D eigenvalue weighted by Crippen LogP contribution is -2.48. The van der Waals surface area contributed by atoms with Crippen LogP contribution in [0.3, 0.4) is 0 Å². The van der Waals surface area contributed by atoms with Crippen molar-refractivity contribution in [1.29, 1.82) is 0 Å². The largest absolute Gasteiger partial charge is 0.383 e. The number of carbonyl (C=O) groups is 1. The van der Waals surface area contributed by atoms with E-state index < -0.39 is 0 Å². The zero-order chi connectivity index (χ0) is 11.1. The molecule has 0 radical (unpaired) electrons. The standard InChI is InChI=1S/C10H20N2O3/c1-10(3-5-15-8-10)12-7-9(13)11-4-6-14-2/h12H,3-8H2,1-2H3,(H,11,13). The van der Waals surface area contributed by atoms with E-state index in [0.717, 1.165) is 13.0 Å². The molecule has 2 N–H and O–H groups in total. The minimum absolute atomic E-state index is 0.000162. The van der Waals surface area contributed by atoms with Crippen molar-refractivity contribution >= 4 is 5.91 Å². The van der Waals surface area contributed by atoms with Crippen molar-refractivity contribution in [1.82, 2.24) is 10.6 Å². The van der Waals surface area contributed by atoms with Gasteiger partial charge in [0.1, 0.15) is 0 Å². The number of amides is 1. The molecule has 0 aliphatic carbocycles. The van der Waals surface area contributed by atoms with Crippen LogP contribution in [-0.4, -0.2) is 51.5 Å². The summed E-state index contributed by atoms with van der Waals surface area (Å²) >= 11 is 0. The van der Waals surface area contributed by atoms with Gasteiger partial charge >= 0.3 is 0 Å². The fraction of sp³-hybridized carbons (Fsp3) is 0.900. The Hall–Kier alpha value is -0.650. The highest BCUT2D eigenvalue weighted by atomic mass is 16.5. The van der Waals surface area contributed by atoms with E-state index in [4.69, 9.17) is 9.47 Å². The highest BCUT2D eigenvalue weighted by Crippen LogP contribution is 2.16. The molecule has 1 heterocycles. The van der Waals surface area contributed by atoms with Gasteiger partial charge < -0.3 is 20.1 Å². The third-order valence-electron chi connectivity index (χ3n) is 2.52. The van der Waals surface area contributed by atoms with Gasteiger partial charge in [0.25, 0.3) is 0 Å². The molecule has 1 rings (SSSR count). The SMILES string of the molecule is COCCNC(=O)CNC1(C)CCOC1. The fourth-order valence-electron chi connectivity index (χ4n) is 1.46. The summed E-state index contributed by atoms with van der Waals surface area (Å²) < 4.78 is 10.1. The van der Waals surface area contributed by atoms with Crippen LogP contribution >= 0.6 is 0 Å². The molecule has 0 bridgehead atoms. The van der Waals surface area contributed by atoms with Crippen LogP contribution in [0.5, 0.6) is 0 Å². The molecule has 15 heavy (non-hydrogen) atoms. The van der Waals surface area contributed by atoms with E-state index in [2.05, 4.69) is 17.6 Å². The van der Waals surface area contributed by atoms with Crippen LogP contribution in [-0.2, 0) is 14.3 Å². The van der Waals surface area contributed by atoms with Crippen molar-refractivity contribution in [2.24, 2.45) is 0 Å². The summed E-state index contributed by atoms with van der Waals surface area (Å²) in [5.74, 6) is 0.000162. The quantitative estimate of drug-likeness (QED) is 0.589. The lowest BCUT2D eigenvalue weighted by atomic mass is 10.0. The third kappa shape index (κ3) is 4.59. The molecule has 5 nitrogen and oxygen atoms in total. The monoisotopic (exact) mass is 216 g/mol. The second-order valence-corrected chi connectivity index (χ2v) is 4.06. The highest BCUT2D eigenvalue weighted by molar-refractivity contribution is 5.78. The van der Waals surface area contributed by atoms with Gasteiger partial charge in [0, 0.05) is 25.8 Å². The van der Waals surface area contributed by atoms with Crippen LogP contribution in [0.15, 0.2) is 0 Å². The number of nitrogens with one attached hydrogen (secondary N) is 2. The predicted octanol–water partition coefficient (Wildman–Crippen LogP) is -0.482. The third-order valence-corrected chi connectivity index (χ3v) is 2.52. The van der Waals surface area contributed by atoms with E-state index in [0.29, 0.717) is 26.3 Å². The maximum absolute atomic E-state index is 11.3. The molecule has 0 aromatic heterocycles. The molecule has 88 valence electrons. The number of carbonyl (C=O) groups excluding carboxylic acids is 1. The van der Waals surface area contributed by atoms with Crippen molar-refractivity contribution < 1.29 is 14.3 Å². The highest BCUT2D eigenvalue weighted by Gasteiger charge is 2.29. The Kier molecular flexibility index (Phi) is 5.01. The van der Waals surface area contributed by atoms with Gasteiger partial charge in [0.05, 0.1) is 19.8 Å². The predicted molar refractivity (Wildman–Crippen MR) is 56.7 cm³/mol. The van der Waals surface area contributed by atoms with E-state index in [9.17, 15) is 4.79 Å². The van der Waals surface area contributed by atoms with Gasteiger partial charge in [-0.15, -0.1) is 0 Å². The number of hydrogen-bond donors (Lipinski definition) is 2. The van der Waals surface area contributed by atoms with Crippen LogP contribution in [0.25, 0.3) is 0 Å². The van der Waals surface area contributed by atoms with E-state index >= 15 is 0 Å². The van der Waals surface area contributed by atoms with Crippen molar-refractivity contribution in [2.45, 2.75) is 18.9 Å². The Bertz CT molecular complexity index is 203. The lowest BCUT2D eigenvalue weighted by molar-refractivity contribution is -0.120. The van der Waals surface area contributed by atoms with Crippen molar-refractivity contribution in [3.63, 3.8) is 0 Å². The van der Waals surface area contributed by atoms with Gasteiger partial charge in [-0.25, -0.2) is 0 Å². The molecule has 0 aromatic rings. The van der Waals surface area contributed by atoms with Gasteiger partial charge in [0.15, 0.2) is 0 Å². The molecule has 1 aliphatic heterocycles. The zero-order valence-corrected chi connectivity index (χ0v) is 9.47. The van der Waals surface area contributed by atoms with Gasteiger partial charge in [0.2, 0.25) is 5.91 Å². The van der Waals surface area contributed by atoms with E-state index in [1.165, 1.54) is 0 Å². The van der Waals surface area contributed by atoms with Gasteiger partial charge in [-0.3, -0.25) is 4.79 Å². The fourth-order valence-corrected chi connectivity index (χ4v) is 1.46. The number of ether oxygens (including phenoxy) is 2. The summed E-state index contributed by atoms with van der Waals surface area (Å²) in [6.07, 6.45) is 0.957. The van der Waals surface area contributed by atoms with E-state index in [-0.39, 0.29) is 11.4 Å². The Balaban J connectivity index is 2.10. The minimum Gasteiger partial charge on any atom is -0.383 e. The molecule has 1 saturated heterocycles. The molecule has 5 heteroatoms. The Morgan fingerprint density at radius 3 is 3.00 bits per heavy atom. The normalized spacial score (nSPS) is 25.5. The Morgan fingerprint density at radius 2 is 2.40 bits per heavy atom. The summed E-state index contributed by atoms with van der Waals surface area (Å²) in [6.45, 7) is 4.97. The number of methoxy groups -OCH3 is 1.